The van der Waals surface area contributed by atoms with Gasteiger partial charge in [0.2, 0.25) is 0 Å². The third-order valence-corrected chi connectivity index (χ3v) is 1.04. The predicted molar refractivity (Wildman–Crippen MR) is 27.2 cm³/mol. The molecule has 2 heteroatoms. The molecule has 2 nitrogen and oxygen atoms in total. The second-order valence-electron chi connectivity index (χ2n) is 1.59. The minimum absolute atomic E-state index is 0.319. The highest BCUT2D eigenvalue weighted by Crippen LogP contribution is 2.06. The summed E-state index contributed by atoms with van der Waals surface area (Å²) >= 11 is 0. The van der Waals surface area contributed by atoms with Gasteiger partial charge in [-0.3, -0.25) is 0 Å². The van der Waals surface area contributed by atoms with E-state index in [0.717, 1.165) is 12.8 Å². The number of rotatable bonds is 1. The van der Waals surface area contributed by atoms with E-state index >= 15 is 0 Å². The van der Waals surface area contributed by atoms with Crippen molar-refractivity contribution in [1.29, 1.82) is 0 Å². The molecule has 1 rings (SSSR count). The lowest BCUT2D eigenvalue weighted by Gasteiger charge is -1.99. The Kier molecular flexibility index (Phi) is 1.29. The largest absolute Gasteiger partial charge is 0.392 e. The van der Waals surface area contributed by atoms with Crippen LogP contribution >= 0.6 is 0 Å². The van der Waals surface area contributed by atoms with Crippen LogP contribution in [0, 0.1) is 0 Å². The van der Waals surface area contributed by atoms with Gasteiger partial charge in [0, 0.05) is 6.42 Å². The monoisotopic (exact) mass is 98.1 g/mol. The summed E-state index contributed by atoms with van der Waals surface area (Å²) in [5, 5.41) is 3.49. The van der Waals surface area contributed by atoms with Crippen LogP contribution in [-0.4, -0.2) is 12.3 Å². The van der Waals surface area contributed by atoms with Crippen molar-refractivity contribution in [2.75, 3.05) is 0 Å². The molecule has 0 amide bonds. The van der Waals surface area contributed by atoms with E-state index in [9.17, 15) is 0 Å². The van der Waals surface area contributed by atoms with Crippen molar-refractivity contribution in [3.8, 4) is 0 Å². The fraction of sp³-hybridized carbons (Fsp3) is 0.800. The molecule has 0 spiro atoms. The zero-order valence-corrected chi connectivity index (χ0v) is 4.35. The molecule has 0 saturated carbocycles. The van der Waals surface area contributed by atoms with Gasteiger partial charge in [-0.1, -0.05) is 12.1 Å². The second kappa shape index (κ2) is 1.96. The van der Waals surface area contributed by atoms with Crippen LogP contribution in [0.15, 0.2) is 5.16 Å². The first-order valence-corrected chi connectivity index (χ1v) is 2.52. The van der Waals surface area contributed by atoms with E-state index in [1.165, 1.54) is 0 Å². The average molecular weight is 98.1 g/mol. The highest BCUT2D eigenvalue weighted by Gasteiger charge is 2.09. The van der Waals surface area contributed by atoms with Crippen LogP contribution < -0.4 is 0 Å². The quantitative estimate of drug-likeness (QED) is 0.480. The average Bonchev–Trinajstić information content (AvgIpc) is 2.14. The maximum absolute atomic E-state index is 4.82. The summed E-state index contributed by atoms with van der Waals surface area (Å²) in [6.45, 7) is 2.08. The molecule has 0 fully saturated rings. The summed E-state index contributed by atoms with van der Waals surface area (Å²) in [5.74, 6) is 0. The molecule has 1 heterocycles. The van der Waals surface area contributed by atoms with Gasteiger partial charge in [0.15, 0.2) is 0 Å². The third-order valence-electron chi connectivity index (χ3n) is 1.04. The molecule has 0 saturated heterocycles. The molecular formula is C5H8NO. The number of nitrogens with zero attached hydrogens (tertiary/aromatic N) is 1. The molecule has 39 valence electrons. The van der Waals surface area contributed by atoms with Crippen molar-refractivity contribution in [3.63, 3.8) is 0 Å². The molecule has 1 aliphatic heterocycles. The van der Waals surface area contributed by atoms with Crippen molar-refractivity contribution in [2.24, 2.45) is 5.16 Å². The lowest BCUT2D eigenvalue weighted by Crippen LogP contribution is -2.00. The van der Waals surface area contributed by atoms with Crippen LogP contribution in [0.4, 0.5) is 0 Å². The highest BCUT2D eigenvalue weighted by molar-refractivity contribution is 5.58. The van der Waals surface area contributed by atoms with E-state index in [1.54, 1.807) is 0 Å². The van der Waals surface area contributed by atoms with Gasteiger partial charge in [-0.15, -0.1) is 0 Å². The summed E-state index contributed by atoms with van der Waals surface area (Å²) in [6, 6.07) is 0. The Hall–Kier alpha value is -0.530. The van der Waals surface area contributed by atoms with E-state index in [1.807, 2.05) is 0 Å². The lowest BCUT2D eigenvalue weighted by atomic mass is 10.2. The van der Waals surface area contributed by atoms with Gasteiger partial charge >= 0.3 is 0 Å². The Morgan fingerprint density at radius 3 is 3.14 bits per heavy atom. The van der Waals surface area contributed by atoms with Crippen LogP contribution in [0.3, 0.4) is 0 Å². The molecule has 0 aromatic rings. The molecule has 0 aliphatic carbocycles. The van der Waals surface area contributed by atoms with E-state index in [0.29, 0.717) is 6.10 Å². The van der Waals surface area contributed by atoms with Gasteiger partial charge in [0.25, 0.3) is 0 Å². The summed E-state index contributed by atoms with van der Waals surface area (Å²) < 4.78 is 0. The van der Waals surface area contributed by atoms with Crippen LogP contribution in [0.5, 0.6) is 0 Å². The second-order valence-corrected chi connectivity index (χ2v) is 1.59. The van der Waals surface area contributed by atoms with E-state index in [-0.39, 0.29) is 0 Å². The van der Waals surface area contributed by atoms with Gasteiger partial charge in [-0.05, 0) is 6.42 Å². The summed E-state index contributed by atoms with van der Waals surface area (Å²) in [5.41, 5.74) is 0. The molecule has 0 aromatic carbocycles. The fourth-order valence-corrected chi connectivity index (χ4v) is 0.507. The van der Waals surface area contributed by atoms with Crippen molar-refractivity contribution >= 4 is 6.21 Å². The molecule has 7 heavy (non-hydrogen) atoms. The van der Waals surface area contributed by atoms with Crippen LogP contribution in [-0.2, 0) is 4.84 Å². The first kappa shape index (κ1) is 4.62. The Morgan fingerprint density at radius 2 is 2.86 bits per heavy atom. The van der Waals surface area contributed by atoms with Crippen LogP contribution in [0.2, 0.25) is 0 Å². The normalized spacial score (nSPS) is 27.9. The van der Waals surface area contributed by atoms with E-state index < -0.39 is 0 Å². The van der Waals surface area contributed by atoms with Gasteiger partial charge < -0.3 is 4.84 Å². The minimum atomic E-state index is 0.319. The highest BCUT2D eigenvalue weighted by atomic mass is 16.6. The molecule has 0 N–H and O–H groups in total. The Bertz CT molecular complexity index is 72.1. The molecule has 0 bridgehead atoms. The van der Waals surface area contributed by atoms with E-state index in [4.69, 9.17) is 4.84 Å². The molecule has 1 aliphatic rings. The van der Waals surface area contributed by atoms with Crippen LogP contribution in [0.1, 0.15) is 19.8 Å². The summed E-state index contributed by atoms with van der Waals surface area (Å²) in [6.07, 6.45) is 4.96. The molecule has 0 aromatic heterocycles. The topological polar surface area (TPSA) is 21.6 Å². The SMILES string of the molecule is CCC1C[C]=NO1. The van der Waals surface area contributed by atoms with Gasteiger partial charge in [-0.2, -0.15) is 0 Å². The van der Waals surface area contributed by atoms with Gasteiger partial charge in [0.05, 0.1) is 0 Å². The smallest absolute Gasteiger partial charge is 0.133 e. The summed E-state index contributed by atoms with van der Waals surface area (Å²) in [7, 11) is 0. The van der Waals surface area contributed by atoms with Crippen molar-refractivity contribution < 1.29 is 4.84 Å². The van der Waals surface area contributed by atoms with Gasteiger partial charge in [0.1, 0.15) is 12.3 Å². The Balaban J connectivity index is 2.22. The van der Waals surface area contributed by atoms with Crippen LogP contribution in [0.25, 0.3) is 0 Å². The maximum Gasteiger partial charge on any atom is 0.133 e. The van der Waals surface area contributed by atoms with Crippen molar-refractivity contribution in [3.05, 3.63) is 0 Å². The Labute approximate surface area is 43.2 Å². The minimum Gasteiger partial charge on any atom is -0.392 e. The summed E-state index contributed by atoms with van der Waals surface area (Å²) in [4.78, 5) is 4.82. The fourth-order valence-electron chi connectivity index (χ4n) is 0.507. The lowest BCUT2D eigenvalue weighted by molar-refractivity contribution is 0.0829. The molecule has 1 atom stereocenters. The third kappa shape index (κ3) is 0.918. The predicted octanol–water partition coefficient (Wildman–Crippen LogP) is 1.05. The first-order chi connectivity index (χ1) is 3.43. The standard InChI is InChI=1S/C5H8NO/c1-2-5-3-4-6-7-5/h5H,2-3H2,1H3. The zero-order chi connectivity index (χ0) is 5.11. The van der Waals surface area contributed by atoms with Crippen molar-refractivity contribution in [1.82, 2.24) is 0 Å². The first-order valence-electron chi connectivity index (χ1n) is 2.52. The molecule has 1 radical (unpaired) electrons. The van der Waals surface area contributed by atoms with E-state index in [2.05, 4.69) is 18.3 Å². The molecule has 1 unspecified atom stereocenters. The number of hydrogen-bond donors (Lipinski definition) is 0. The maximum atomic E-state index is 4.82. The van der Waals surface area contributed by atoms with Crippen molar-refractivity contribution in [2.45, 2.75) is 25.9 Å². The molecular weight excluding hydrogens is 90.1 g/mol. The number of hydrogen-bond acceptors (Lipinski definition) is 2. The Morgan fingerprint density at radius 1 is 2.00 bits per heavy atom. The van der Waals surface area contributed by atoms with Gasteiger partial charge in [-0.25, -0.2) is 0 Å². The zero-order valence-electron chi connectivity index (χ0n) is 4.35.